The molecule has 0 fully saturated rings. The van der Waals surface area contributed by atoms with Crippen molar-refractivity contribution in [3.05, 3.63) is 17.0 Å². The van der Waals surface area contributed by atoms with E-state index >= 15 is 0 Å². The van der Waals surface area contributed by atoms with Crippen LogP contribution in [0.3, 0.4) is 0 Å². The normalized spacial score (nSPS) is 15.1. The molecule has 0 saturated carbocycles. The highest BCUT2D eigenvalue weighted by Gasteiger charge is 2.23. The van der Waals surface area contributed by atoms with E-state index in [0.29, 0.717) is 10.6 Å². The Morgan fingerprint density at radius 2 is 2.42 bits per heavy atom. The van der Waals surface area contributed by atoms with Gasteiger partial charge in [-0.2, -0.15) is 0 Å². The molecule has 0 unspecified atom stereocenters. The number of anilines is 1. The maximum atomic E-state index is 11.1. The van der Waals surface area contributed by atoms with E-state index in [9.17, 15) is 4.79 Å². The van der Waals surface area contributed by atoms with Gasteiger partial charge in [-0.3, -0.25) is 9.36 Å². The van der Waals surface area contributed by atoms with E-state index in [1.165, 1.54) is 6.20 Å². The number of rotatable bonds is 0. The number of aromatic nitrogens is 2. The first-order valence-electron chi connectivity index (χ1n) is 3.33. The highest BCUT2D eigenvalue weighted by atomic mass is 32.1. The summed E-state index contributed by atoms with van der Waals surface area (Å²) in [5.41, 5.74) is 0. The van der Waals surface area contributed by atoms with Gasteiger partial charge in [-0.25, -0.2) is 15.8 Å². The number of hydrogen-bond donors (Lipinski definition) is 1. The second kappa shape index (κ2) is 2.36. The fourth-order valence-electron chi connectivity index (χ4n) is 1.12. The summed E-state index contributed by atoms with van der Waals surface area (Å²) in [5, 5.41) is 1.08. The van der Waals surface area contributed by atoms with Crippen LogP contribution >= 0.6 is 12.2 Å². The standard InChI is InChI=1S/C6H6N4OS/c7-10-4-1-2-8-6(12)9(4)3-5(10)11/h1-2H,3,7H2. The first-order valence-corrected chi connectivity index (χ1v) is 3.74. The van der Waals surface area contributed by atoms with Crippen molar-refractivity contribution in [3.63, 3.8) is 0 Å². The Hall–Kier alpha value is -1.27. The van der Waals surface area contributed by atoms with Crippen molar-refractivity contribution in [2.75, 3.05) is 5.01 Å². The molecular weight excluding hydrogens is 176 g/mol. The molecule has 0 aromatic carbocycles. The first-order chi connectivity index (χ1) is 5.70. The lowest BCUT2D eigenvalue weighted by Gasteiger charge is -2.06. The van der Waals surface area contributed by atoms with Crippen LogP contribution in [0.25, 0.3) is 0 Å². The molecule has 2 rings (SSSR count). The Labute approximate surface area is 73.4 Å². The molecule has 2 N–H and O–H groups in total. The lowest BCUT2D eigenvalue weighted by molar-refractivity contribution is -0.118. The summed E-state index contributed by atoms with van der Waals surface area (Å²) in [6, 6.07) is 1.65. The lowest BCUT2D eigenvalue weighted by atomic mass is 10.6. The molecule has 5 nitrogen and oxygen atoms in total. The average Bonchev–Trinajstić information content (AvgIpc) is 2.32. The largest absolute Gasteiger partial charge is 0.292 e. The predicted octanol–water partition coefficient (Wildman–Crippen LogP) is -0.167. The van der Waals surface area contributed by atoms with E-state index < -0.39 is 0 Å². The van der Waals surface area contributed by atoms with Crippen LogP contribution in [0.15, 0.2) is 12.3 Å². The van der Waals surface area contributed by atoms with E-state index in [2.05, 4.69) is 4.98 Å². The molecule has 0 saturated heterocycles. The van der Waals surface area contributed by atoms with Gasteiger partial charge in [0.2, 0.25) is 4.77 Å². The van der Waals surface area contributed by atoms with Crippen LogP contribution in [0.5, 0.6) is 0 Å². The Morgan fingerprint density at radius 3 is 3.08 bits per heavy atom. The van der Waals surface area contributed by atoms with Gasteiger partial charge in [0.05, 0.1) is 0 Å². The maximum absolute atomic E-state index is 11.1. The Kier molecular flexibility index (Phi) is 1.45. The van der Waals surface area contributed by atoms with Gasteiger partial charge in [-0.05, 0) is 18.3 Å². The molecule has 1 aromatic rings. The van der Waals surface area contributed by atoms with Crippen molar-refractivity contribution in [2.45, 2.75) is 6.54 Å². The minimum atomic E-state index is -0.172. The highest BCUT2D eigenvalue weighted by Crippen LogP contribution is 2.17. The number of nitrogens with two attached hydrogens (primary N) is 1. The van der Waals surface area contributed by atoms with Crippen LogP contribution in [0.1, 0.15) is 0 Å². The van der Waals surface area contributed by atoms with E-state index in [0.717, 1.165) is 5.01 Å². The molecule has 1 aliphatic heterocycles. The molecule has 1 amide bonds. The van der Waals surface area contributed by atoms with Crippen molar-refractivity contribution in [1.29, 1.82) is 0 Å². The summed E-state index contributed by atoms with van der Waals surface area (Å²) in [6.07, 6.45) is 1.53. The summed E-state index contributed by atoms with van der Waals surface area (Å²) < 4.78 is 1.98. The van der Waals surface area contributed by atoms with Crippen molar-refractivity contribution in [3.8, 4) is 0 Å². The number of hydrogen-bond acceptors (Lipinski definition) is 4. The average molecular weight is 182 g/mol. The molecule has 2 heterocycles. The van der Waals surface area contributed by atoms with Gasteiger partial charge in [-0.1, -0.05) is 0 Å². The maximum Gasteiger partial charge on any atom is 0.262 e. The fourth-order valence-corrected chi connectivity index (χ4v) is 1.34. The zero-order valence-electron chi connectivity index (χ0n) is 6.10. The third-order valence-corrected chi connectivity index (χ3v) is 2.05. The SMILES string of the molecule is NN1C(=O)Cn2c1ccnc2=S. The summed E-state index contributed by atoms with van der Waals surface area (Å²) in [7, 11) is 0. The van der Waals surface area contributed by atoms with Crippen molar-refractivity contribution >= 4 is 23.9 Å². The van der Waals surface area contributed by atoms with Crippen LogP contribution in [0.2, 0.25) is 0 Å². The van der Waals surface area contributed by atoms with Crippen molar-refractivity contribution in [1.82, 2.24) is 9.55 Å². The van der Waals surface area contributed by atoms with E-state index in [1.807, 2.05) is 0 Å². The molecule has 0 atom stereocenters. The first kappa shape index (κ1) is 7.38. The number of hydrazine groups is 1. The number of fused-ring (bicyclic) bond motifs is 1. The summed E-state index contributed by atoms with van der Waals surface area (Å²) in [4.78, 5) is 15.0. The number of amides is 1. The molecule has 1 aliphatic rings. The molecule has 12 heavy (non-hydrogen) atoms. The third kappa shape index (κ3) is 0.853. The van der Waals surface area contributed by atoms with Crippen LogP contribution in [0, 0.1) is 4.77 Å². The molecule has 1 aromatic heterocycles. The molecular formula is C6H6N4OS. The van der Waals surface area contributed by atoms with Gasteiger partial charge >= 0.3 is 0 Å². The Morgan fingerprint density at radius 1 is 1.67 bits per heavy atom. The minimum absolute atomic E-state index is 0.172. The van der Waals surface area contributed by atoms with Crippen LogP contribution in [-0.4, -0.2) is 15.5 Å². The quantitative estimate of drug-likeness (QED) is 0.344. The van der Waals surface area contributed by atoms with Crippen LogP contribution in [0.4, 0.5) is 5.82 Å². The van der Waals surface area contributed by atoms with Crippen molar-refractivity contribution < 1.29 is 4.79 Å². The lowest BCUT2D eigenvalue weighted by Crippen LogP contribution is -2.33. The summed E-state index contributed by atoms with van der Waals surface area (Å²) in [5.74, 6) is 5.87. The molecule has 62 valence electrons. The zero-order chi connectivity index (χ0) is 8.72. The van der Waals surface area contributed by atoms with E-state index in [4.69, 9.17) is 18.1 Å². The van der Waals surface area contributed by atoms with Crippen LogP contribution in [-0.2, 0) is 11.3 Å². The number of carbonyl (C=O) groups is 1. The molecule has 6 heteroatoms. The Bertz CT molecular complexity index is 399. The van der Waals surface area contributed by atoms with Crippen LogP contribution < -0.4 is 10.9 Å². The van der Waals surface area contributed by atoms with E-state index in [1.54, 1.807) is 10.6 Å². The monoisotopic (exact) mass is 182 g/mol. The zero-order valence-corrected chi connectivity index (χ0v) is 6.91. The fraction of sp³-hybridized carbons (Fsp3) is 0.167. The van der Waals surface area contributed by atoms with Gasteiger partial charge in [0, 0.05) is 6.20 Å². The number of carbonyl (C=O) groups excluding carboxylic acids is 1. The van der Waals surface area contributed by atoms with E-state index in [-0.39, 0.29) is 12.5 Å². The van der Waals surface area contributed by atoms with Gasteiger partial charge in [-0.15, -0.1) is 0 Å². The van der Waals surface area contributed by atoms with Gasteiger partial charge in [0.1, 0.15) is 12.4 Å². The molecule has 0 bridgehead atoms. The predicted molar refractivity (Wildman–Crippen MR) is 44.7 cm³/mol. The highest BCUT2D eigenvalue weighted by molar-refractivity contribution is 7.71. The third-order valence-electron chi connectivity index (χ3n) is 1.72. The summed E-state index contributed by atoms with van der Waals surface area (Å²) >= 11 is 4.90. The van der Waals surface area contributed by atoms with Gasteiger partial charge in [0.25, 0.3) is 5.91 Å². The van der Waals surface area contributed by atoms with Crippen molar-refractivity contribution in [2.24, 2.45) is 5.84 Å². The Balaban J connectivity index is 2.68. The summed E-state index contributed by atoms with van der Waals surface area (Å²) in [6.45, 7) is 0.193. The number of nitrogens with zero attached hydrogens (tertiary/aromatic N) is 3. The second-order valence-electron chi connectivity index (χ2n) is 2.44. The molecule has 0 spiro atoms. The molecule has 0 aliphatic carbocycles. The minimum Gasteiger partial charge on any atom is -0.292 e. The second-order valence-corrected chi connectivity index (χ2v) is 2.80. The van der Waals surface area contributed by atoms with Gasteiger partial charge in [0.15, 0.2) is 0 Å². The molecule has 0 radical (unpaired) electrons. The topological polar surface area (TPSA) is 64.2 Å². The van der Waals surface area contributed by atoms with Gasteiger partial charge < -0.3 is 0 Å². The smallest absolute Gasteiger partial charge is 0.262 e.